The standard InChI is InChI=1S/C18H32N2O/c1-14(2)19-12-17-15(3)11-16(21-17)13-20-9-6-7-18(4,5)8-10-20/h11,14,19H,6-10,12-13H2,1-5H3. The lowest BCUT2D eigenvalue weighted by atomic mass is 9.85. The minimum atomic E-state index is 0.491. The molecule has 3 nitrogen and oxygen atoms in total. The van der Waals surface area contributed by atoms with Crippen LogP contribution < -0.4 is 5.32 Å². The highest BCUT2D eigenvalue weighted by atomic mass is 16.3. The molecule has 0 saturated carbocycles. The summed E-state index contributed by atoms with van der Waals surface area (Å²) < 4.78 is 6.06. The molecule has 1 aliphatic heterocycles. The summed E-state index contributed by atoms with van der Waals surface area (Å²) in [6, 6.07) is 2.71. The molecular formula is C18H32N2O. The van der Waals surface area contributed by atoms with E-state index < -0.39 is 0 Å². The molecule has 2 heterocycles. The van der Waals surface area contributed by atoms with Crippen molar-refractivity contribution in [2.45, 2.75) is 73.0 Å². The van der Waals surface area contributed by atoms with Crippen LogP contribution >= 0.6 is 0 Å². The minimum absolute atomic E-state index is 0.491. The van der Waals surface area contributed by atoms with Gasteiger partial charge < -0.3 is 9.73 Å². The van der Waals surface area contributed by atoms with Crippen LogP contribution in [0.4, 0.5) is 0 Å². The summed E-state index contributed by atoms with van der Waals surface area (Å²) in [5.41, 5.74) is 1.77. The van der Waals surface area contributed by atoms with Crippen LogP contribution in [-0.2, 0) is 13.1 Å². The molecule has 0 bridgehead atoms. The predicted molar refractivity (Wildman–Crippen MR) is 88.3 cm³/mol. The predicted octanol–water partition coefficient (Wildman–Crippen LogP) is 4.10. The summed E-state index contributed by atoms with van der Waals surface area (Å²) in [6.45, 7) is 15.4. The first-order chi connectivity index (χ1) is 9.85. The maximum atomic E-state index is 6.06. The highest BCUT2D eigenvalue weighted by molar-refractivity contribution is 5.20. The summed E-state index contributed by atoms with van der Waals surface area (Å²) >= 11 is 0. The molecule has 1 aromatic rings. The van der Waals surface area contributed by atoms with Gasteiger partial charge in [0.15, 0.2) is 0 Å². The number of furan rings is 1. The van der Waals surface area contributed by atoms with Crippen molar-refractivity contribution in [3.05, 3.63) is 23.2 Å². The SMILES string of the molecule is Cc1cc(CN2CCCC(C)(C)CC2)oc1CNC(C)C. The van der Waals surface area contributed by atoms with E-state index in [9.17, 15) is 0 Å². The van der Waals surface area contributed by atoms with E-state index in [0.717, 1.165) is 24.6 Å². The second-order valence-electron chi connectivity index (χ2n) is 7.65. The van der Waals surface area contributed by atoms with E-state index in [0.29, 0.717) is 11.5 Å². The average molecular weight is 292 g/mol. The number of hydrogen-bond acceptors (Lipinski definition) is 3. The molecule has 3 heteroatoms. The van der Waals surface area contributed by atoms with Crippen molar-refractivity contribution in [2.24, 2.45) is 5.41 Å². The fraction of sp³-hybridized carbons (Fsp3) is 0.778. The molecule has 0 aliphatic carbocycles. The van der Waals surface area contributed by atoms with Gasteiger partial charge >= 0.3 is 0 Å². The van der Waals surface area contributed by atoms with Crippen LogP contribution in [0.1, 0.15) is 64.0 Å². The summed E-state index contributed by atoms with van der Waals surface area (Å²) in [6.07, 6.45) is 3.92. The van der Waals surface area contributed by atoms with Crippen LogP contribution in [0.5, 0.6) is 0 Å². The second-order valence-corrected chi connectivity index (χ2v) is 7.65. The van der Waals surface area contributed by atoms with E-state index in [4.69, 9.17) is 4.42 Å². The molecule has 1 N–H and O–H groups in total. The Morgan fingerprint density at radius 3 is 2.76 bits per heavy atom. The van der Waals surface area contributed by atoms with Crippen LogP contribution in [0.3, 0.4) is 0 Å². The van der Waals surface area contributed by atoms with Gasteiger partial charge in [-0.25, -0.2) is 0 Å². The van der Waals surface area contributed by atoms with Crippen LogP contribution in [0.15, 0.2) is 10.5 Å². The van der Waals surface area contributed by atoms with Gasteiger partial charge in [0, 0.05) is 6.04 Å². The van der Waals surface area contributed by atoms with E-state index >= 15 is 0 Å². The van der Waals surface area contributed by atoms with Gasteiger partial charge in [0.05, 0.1) is 13.1 Å². The fourth-order valence-electron chi connectivity index (χ4n) is 3.00. The second kappa shape index (κ2) is 6.97. The third-order valence-corrected chi connectivity index (χ3v) is 4.55. The first kappa shape index (κ1) is 16.6. The Morgan fingerprint density at radius 1 is 1.29 bits per heavy atom. The van der Waals surface area contributed by atoms with Gasteiger partial charge in [-0.15, -0.1) is 0 Å². The highest BCUT2D eigenvalue weighted by Gasteiger charge is 2.23. The molecule has 0 unspecified atom stereocenters. The summed E-state index contributed by atoms with van der Waals surface area (Å²) in [4.78, 5) is 2.55. The van der Waals surface area contributed by atoms with Crippen molar-refractivity contribution >= 4 is 0 Å². The Bertz CT molecular complexity index is 448. The van der Waals surface area contributed by atoms with E-state index in [1.54, 1.807) is 0 Å². The number of rotatable bonds is 5. The number of likely N-dealkylation sites (tertiary alicyclic amines) is 1. The minimum Gasteiger partial charge on any atom is -0.463 e. The van der Waals surface area contributed by atoms with Crippen molar-refractivity contribution in [3.8, 4) is 0 Å². The van der Waals surface area contributed by atoms with Gasteiger partial charge in [-0.1, -0.05) is 27.7 Å². The molecule has 21 heavy (non-hydrogen) atoms. The van der Waals surface area contributed by atoms with Crippen molar-refractivity contribution in [3.63, 3.8) is 0 Å². The Morgan fingerprint density at radius 2 is 2.05 bits per heavy atom. The zero-order chi connectivity index (χ0) is 15.5. The molecule has 1 aromatic heterocycles. The number of aryl methyl sites for hydroxylation is 1. The topological polar surface area (TPSA) is 28.4 Å². The van der Waals surface area contributed by atoms with E-state index in [2.05, 4.69) is 50.9 Å². The molecule has 0 atom stereocenters. The Hall–Kier alpha value is -0.800. The van der Waals surface area contributed by atoms with Crippen molar-refractivity contribution in [1.82, 2.24) is 10.2 Å². The van der Waals surface area contributed by atoms with Crippen molar-refractivity contribution in [2.75, 3.05) is 13.1 Å². The quantitative estimate of drug-likeness (QED) is 0.885. The Balaban J connectivity index is 1.92. The van der Waals surface area contributed by atoms with E-state index in [1.807, 2.05) is 0 Å². The zero-order valence-corrected chi connectivity index (χ0v) is 14.5. The monoisotopic (exact) mass is 292 g/mol. The number of hydrogen-bond donors (Lipinski definition) is 1. The number of nitrogens with zero attached hydrogens (tertiary/aromatic N) is 1. The third kappa shape index (κ3) is 5.15. The third-order valence-electron chi connectivity index (χ3n) is 4.55. The largest absolute Gasteiger partial charge is 0.463 e. The first-order valence-electron chi connectivity index (χ1n) is 8.40. The van der Waals surface area contributed by atoms with Crippen molar-refractivity contribution < 1.29 is 4.42 Å². The zero-order valence-electron chi connectivity index (χ0n) is 14.5. The normalized spacial score (nSPS) is 19.9. The lowest BCUT2D eigenvalue weighted by Crippen LogP contribution is -2.24. The highest BCUT2D eigenvalue weighted by Crippen LogP contribution is 2.30. The van der Waals surface area contributed by atoms with E-state index in [1.165, 1.54) is 37.9 Å². The molecule has 0 aromatic carbocycles. The number of nitrogens with one attached hydrogen (secondary N) is 1. The van der Waals surface area contributed by atoms with Gasteiger partial charge in [-0.05, 0) is 56.3 Å². The smallest absolute Gasteiger partial charge is 0.120 e. The molecule has 1 aliphatic rings. The first-order valence-corrected chi connectivity index (χ1v) is 8.40. The Labute approximate surface area is 130 Å². The lowest BCUT2D eigenvalue weighted by Gasteiger charge is -2.22. The maximum absolute atomic E-state index is 6.06. The average Bonchev–Trinajstić information content (AvgIpc) is 2.63. The summed E-state index contributed by atoms with van der Waals surface area (Å²) in [5.74, 6) is 2.21. The van der Waals surface area contributed by atoms with Crippen LogP contribution in [0.25, 0.3) is 0 Å². The van der Waals surface area contributed by atoms with Crippen LogP contribution in [0, 0.1) is 12.3 Å². The molecule has 0 spiro atoms. The Kier molecular flexibility index (Phi) is 5.50. The molecular weight excluding hydrogens is 260 g/mol. The van der Waals surface area contributed by atoms with Gasteiger partial charge in [0.2, 0.25) is 0 Å². The van der Waals surface area contributed by atoms with E-state index in [-0.39, 0.29) is 0 Å². The van der Waals surface area contributed by atoms with Gasteiger partial charge in [0.1, 0.15) is 11.5 Å². The summed E-state index contributed by atoms with van der Waals surface area (Å²) in [7, 11) is 0. The molecule has 1 saturated heterocycles. The van der Waals surface area contributed by atoms with Gasteiger partial charge in [-0.3, -0.25) is 4.90 Å². The molecule has 0 radical (unpaired) electrons. The lowest BCUT2D eigenvalue weighted by molar-refractivity contribution is 0.235. The maximum Gasteiger partial charge on any atom is 0.120 e. The summed E-state index contributed by atoms with van der Waals surface area (Å²) in [5, 5.41) is 3.43. The fourth-order valence-corrected chi connectivity index (χ4v) is 3.00. The van der Waals surface area contributed by atoms with Crippen LogP contribution in [-0.4, -0.2) is 24.0 Å². The molecule has 1 fully saturated rings. The molecule has 120 valence electrons. The molecule has 2 rings (SSSR count). The van der Waals surface area contributed by atoms with Crippen molar-refractivity contribution in [1.29, 1.82) is 0 Å². The van der Waals surface area contributed by atoms with Crippen LogP contribution in [0.2, 0.25) is 0 Å². The van der Waals surface area contributed by atoms with Gasteiger partial charge in [-0.2, -0.15) is 0 Å². The molecule has 0 amide bonds. The van der Waals surface area contributed by atoms with Gasteiger partial charge in [0.25, 0.3) is 0 Å².